The molecule has 13 aromatic rings. The Labute approximate surface area is 370 Å². The van der Waals surface area contributed by atoms with Crippen LogP contribution in [0.15, 0.2) is 206 Å². The molecule has 0 saturated carbocycles. The van der Waals surface area contributed by atoms with Crippen molar-refractivity contribution in [3.05, 3.63) is 206 Å². The van der Waals surface area contributed by atoms with Gasteiger partial charge in [-0.2, -0.15) is 9.97 Å². The molecule has 0 aliphatic rings. The smallest absolute Gasteiger partial charge is 0.238 e. The molecule has 294 valence electrons. The zero-order valence-electron chi connectivity index (χ0n) is 33.7. The van der Waals surface area contributed by atoms with Gasteiger partial charge in [-0.3, -0.25) is 4.57 Å². The Morgan fingerprint density at radius 3 is 1.16 bits per heavy atom. The second kappa shape index (κ2) is 14.4. The third-order valence-electron chi connectivity index (χ3n) is 12.3. The number of thiophene rings is 2. The van der Waals surface area contributed by atoms with Crippen LogP contribution >= 0.6 is 22.7 Å². The summed E-state index contributed by atoms with van der Waals surface area (Å²) >= 11 is 3.70. The average molecular weight is 839 g/mol. The molecular formula is C57H34N4S2. The van der Waals surface area contributed by atoms with Gasteiger partial charge in [-0.25, -0.2) is 4.98 Å². The molecule has 0 radical (unpaired) electrons. The van der Waals surface area contributed by atoms with Gasteiger partial charge >= 0.3 is 0 Å². The minimum Gasteiger partial charge on any atom is -0.278 e. The summed E-state index contributed by atoms with van der Waals surface area (Å²) in [7, 11) is 0. The van der Waals surface area contributed by atoms with E-state index in [0.717, 1.165) is 49.6 Å². The summed E-state index contributed by atoms with van der Waals surface area (Å²) < 4.78 is 7.44. The zero-order valence-corrected chi connectivity index (χ0v) is 35.4. The van der Waals surface area contributed by atoms with Crippen LogP contribution in [0.25, 0.3) is 124 Å². The molecule has 6 heteroatoms. The number of rotatable bonds is 6. The van der Waals surface area contributed by atoms with Gasteiger partial charge in [-0.15, -0.1) is 22.7 Å². The molecule has 0 saturated heterocycles. The van der Waals surface area contributed by atoms with E-state index < -0.39 is 0 Å². The molecule has 63 heavy (non-hydrogen) atoms. The molecule has 4 heterocycles. The normalized spacial score (nSPS) is 11.8. The van der Waals surface area contributed by atoms with E-state index in [4.69, 9.17) is 15.0 Å². The van der Waals surface area contributed by atoms with Crippen LogP contribution in [0.3, 0.4) is 0 Å². The Bertz CT molecular complexity index is 3730. The van der Waals surface area contributed by atoms with Crippen molar-refractivity contribution >= 4 is 84.8 Å². The second-order valence-electron chi connectivity index (χ2n) is 16.0. The predicted octanol–water partition coefficient (Wildman–Crippen LogP) is 16.0. The van der Waals surface area contributed by atoms with Crippen molar-refractivity contribution < 1.29 is 0 Å². The molecule has 0 N–H and O–H groups in total. The van der Waals surface area contributed by atoms with Gasteiger partial charge in [0.15, 0.2) is 11.6 Å². The van der Waals surface area contributed by atoms with Gasteiger partial charge in [0.05, 0.1) is 11.0 Å². The van der Waals surface area contributed by atoms with Gasteiger partial charge in [0.2, 0.25) is 5.95 Å². The van der Waals surface area contributed by atoms with E-state index in [1.165, 1.54) is 57.0 Å². The highest BCUT2D eigenvalue weighted by Gasteiger charge is 2.20. The number of nitrogens with zero attached hydrogens (tertiary/aromatic N) is 4. The van der Waals surface area contributed by atoms with Crippen molar-refractivity contribution in [2.45, 2.75) is 0 Å². The van der Waals surface area contributed by atoms with Gasteiger partial charge in [0.25, 0.3) is 0 Å². The van der Waals surface area contributed by atoms with Crippen LogP contribution < -0.4 is 0 Å². The summed E-state index contributed by atoms with van der Waals surface area (Å²) in [6.07, 6.45) is 0. The maximum absolute atomic E-state index is 5.29. The lowest BCUT2D eigenvalue weighted by molar-refractivity contribution is 0.953. The third kappa shape index (κ3) is 6.06. The summed E-state index contributed by atoms with van der Waals surface area (Å²) in [6, 6.07) is 74.0. The van der Waals surface area contributed by atoms with Crippen LogP contribution in [-0.2, 0) is 0 Å². The maximum atomic E-state index is 5.29. The van der Waals surface area contributed by atoms with E-state index in [1.54, 1.807) is 0 Å². The molecule has 4 aromatic heterocycles. The van der Waals surface area contributed by atoms with Crippen LogP contribution in [0.5, 0.6) is 0 Å². The lowest BCUT2D eigenvalue weighted by atomic mass is 9.98. The van der Waals surface area contributed by atoms with Crippen molar-refractivity contribution in [3.63, 3.8) is 0 Å². The van der Waals surface area contributed by atoms with E-state index >= 15 is 0 Å². The fraction of sp³-hybridized carbons (Fsp3) is 0. The lowest BCUT2D eigenvalue weighted by Crippen LogP contribution is -2.06. The Hall–Kier alpha value is -7.77. The molecule has 0 bridgehead atoms. The number of benzene rings is 9. The largest absolute Gasteiger partial charge is 0.278 e. The van der Waals surface area contributed by atoms with Crippen LogP contribution in [0.4, 0.5) is 0 Å². The second-order valence-corrected chi connectivity index (χ2v) is 18.2. The van der Waals surface area contributed by atoms with Gasteiger partial charge in [-0.05, 0) is 94.0 Å². The lowest BCUT2D eigenvalue weighted by Gasteiger charge is -2.12. The maximum Gasteiger partial charge on any atom is 0.238 e. The minimum atomic E-state index is 0.573. The Morgan fingerprint density at radius 1 is 0.270 bits per heavy atom. The van der Waals surface area contributed by atoms with Crippen molar-refractivity contribution in [3.8, 4) is 62.1 Å². The molecule has 0 fully saturated rings. The minimum absolute atomic E-state index is 0.573. The molecule has 0 atom stereocenters. The van der Waals surface area contributed by atoms with E-state index in [0.29, 0.717) is 17.6 Å². The van der Waals surface area contributed by atoms with Gasteiger partial charge < -0.3 is 0 Å². The van der Waals surface area contributed by atoms with Crippen LogP contribution in [0.2, 0.25) is 0 Å². The monoisotopic (exact) mass is 838 g/mol. The molecule has 0 amide bonds. The summed E-state index contributed by atoms with van der Waals surface area (Å²) in [5.74, 6) is 1.82. The van der Waals surface area contributed by atoms with Crippen molar-refractivity contribution in [1.29, 1.82) is 0 Å². The summed E-state index contributed by atoms with van der Waals surface area (Å²) in [5.41, 5.74) is 10.9. The standard InChI is InChI=1S/C57H34N4S2/c1-3-11-35(12-4-1)36-19-21-38(22-20-36)56-58-55(37-13-5-2-6-14-37)59-57(60-56)61-49-27-23-39(41-25-29-53-47(33-41)43-15-7-9-17-51(43)62-53)31-45(49)46-32-40(24-28-50(46)61)42-26-30-54-48(34-42)44-16-8-10-18-52(44)63-54/h1-34H. The van der Waals surface area contributed by atoms with Crippen molar-refractivity contribution in [1.82, 2.24) is 19.5 Å². The first kappa shape index (κ1) is 35.9. The van der Waals surface area contributed by atoms with E-state index in [9.17, 15) is 0 Å². The zero-order chi connectivity index (χ0) is 41.4. The topological polar surface area (TPSA) is 43.6 Å². The molecule has 9 aromatic carbocycles. The summed E-state index contributed by atoms with van der Waals surface area (Å²) in [6.45, 7) is 0. The van der Waals surface area contributed by atoms with Crippen LogP contribution in [0, 0.1) is 0 Å². The molecular weight excluding hydrogens is 805 g/mol. The van der Waals surface area contributed by atoms with E-state index in [-0.39, 0.29) is 0 Å². The fourth-order valence-corrected chi connectivity index (χ4v) is 11.3. The first-order chi connectivity index (χ1) is 31.2. The van der Waals surface area contributed by atoms with E-state index in [2.05, 4.69) is 187 Å². The quantitative estimate of drug-likeness (QED) is 0.168. The Kier molecular flexibility index (Phi) is 8.22. The first-order valence-corrected chi connectivity index (χ1v) is 22.7. The highest BCUT2D eigenvalue weighted by atomic mass is 32.1. The highest BCUT2D eigenvalue weighted by molar-refractivity contribution is 7.26. The first-order valence-electron chi connectivity index (χ1n) is 21.1. The molecule has 0 aliphatic carbocycles. The predicted molar refractivity (Wildman–Crippen MR) is 267 cm³/mol. The molecule has 0 aliphatic heterocycles. The van der Waals surface area contributed by atoms with Crippen molar-refractivity contribution in [2.75, 3.05) is 0 Å². The molecule has 4 nitrogen and oxygen atoms in total. The highest BCUT2D eigenvalue weighted by Crippen LogP contribution is 2.41. The SMILES string of the molecule is c1ccc(-c2ccc(-c3nc(-c4ccccc4)nc(-n4c5ccc(-c6ccc7sc8ccccc8c7c6)cc5c5cc(-c6ccc7sc8ccccc8c7c6)ccc54)n3)cc2)cc1. The summed E-state index contributed by atoms with van der Waals surface area (Å²) in [5, 5.41) is 7.45. The van der Waals surface area contributed by atoms with E-state index in [1.807, 2.05) is 46.9 Å². The van der Waals surface area contributed by atoms with Crippen LogP contribution in [0.1, 0.15) is 0 Å². The van der Waals surface area contributed by atoms with Crippen LogP contribution in [-0.4, -0.2) is 19.5 Å². The van der Waals surface area contributed by atoms with Gasteiger partial charge in [-0.1, -0.05) is 146 Å². The number of fused-ring (bicyclic) bond motifs is 9. The number of hydrogen-bond donors (Lipinski definition) is 0. The Morgan fingerprint density at radius 2 is 0.635 bits per heavy atom. The number of hydrogen-bond acceptors (Lipinski definition) is 5. The molecule has 0 spiro atoms. The van der Waals surface area contributed by atoms with Gasteiger partial charge in [0.1, 0.15) is 0 Å². The Balaban J connectivity index is 1.03. The van der Waals surface area contributed by atoms with Crippen molar-refractivity contribution in [2.24, 2.45) is 0 Å². The fourth-order valence-electron chi connectivity index (χ4n) is 9.16. The van der Waals surface area contributed by atoms with Gasteiger partial charge in [0, 0.05) is 62.2 Å². The molecule has 0 unspecified atom stereocenters. The third-order valence-corrected chi connectivity index (χ3v) is 14.6. The average Bonchev–Trinajstić information content (AvgIpc) is 4.03. The molecule has 13 rings (SSSR count). The summed E-state index contributed by atoms with van der Waals surface area (Å²) in [4.78, 5) is 15.7. The number of aromatic nitrogens is 4.